The van der Waals surface area contributed by atoms with Crippen LogP contribution in [0.1, 0.15) is 12.8 Å². The van der Waals surface area contributed by atoms with Crippen molar-refractivity contribution in [3.63, 3.8) is 0 Å². The molecule has 20 heavy (non-hydrogen) atoms. The Balaban J connectivity index is 2.24. The molecule has 0 fully saturated rings. The quantitative estimate of drug-likeness (QED) is 0.605. The van der Waals surface area contributed by atoms with Crippen LogP contribution in [0, 0.1) is 5.82 Å². The first-order chi connectivity index (χ1) is 9.52. The predicted octanol–water partition coefficient (Wildman–Crippen LogP) is 2.04. The van der Waals surface area contributed by atoms with E-state index in [0.29, 0.717) is 17.4 Å². The summed E-state index contributed by atoms with van der Waals surface area (Å²) in [7, 11) is 1.31. The molecule has 0 unspecified atom stereocenters. The second-order valence-electron chi connectivity index (χ2n) is 3.89. The Hall–Kier alpha value is -1.63. The van der Waals surface area contributed by atoms with Crippen LogP contribution in [-0.4, -0.2) is 32.1 Å². The van der Waals surface area contributed by atoms with Crippen LogP contribution in [0.2, 0.25) is 0 Å². The zero-order valence-electron chi connectivity index (χ0n) is 10.9. The van der Waals surface area contributed by atoms with Crippen LogP contribution in [0.4, 0.5) is 4.39 Å². The Labute approximate surface area is 124 Å². The summed E-state index contributed by atoms with van der Waals surface area (Å²) >= 11 is 3.12. The standard InChI is InChI=1S/C13H15BrFNO4/c1-19-13(18)3-2-6-16-12(17)8-20-11-5-4-9(14)7-10(11)15/h4-5,7H,2-3,6,8H2,1H3,(H,16,17). The third-order valence-corrected chi connectivity index (χ3v) is 2.85. The SMILES string of the molecule is COC(=O)CCCNC(=O)COc1ccc(Br)cc1F. The van der Waals surface area contributed by atoms with E-state index in [4.69, 9.17) is 4.74 Å². The molecule has 0 aliphatic carbocycles. The van der Waals surface area contributed by atoms with Gasteiger partial charge in [0.25, 0.3) is 5.91 Å². The molecule has 1 amide bonds. The second-order valence-corrected chi connectivity index (χ2v) is 4.81. The van der Waals surface area contributed by atoms with Gasteiger partial charge in [-0.2, -0.15) is 0 Å². The van der Waals surface area contributed by atoms with E-state index in [2.05, 4.69) is 26.0 Å². The van der Waals surface area contributed by atoms with Crippen molar-refractivity contribution in [2.24, 2.45) is 0 Å². The Morgan fingerprint density at radius 1 is 1.40 bits per heavy atom. The second kappa shape index (κ2) is 8.52. The Bertz CT molecular complexity index is 481. The van der Waals surface area contributed by atoms with E-state index in [1.807, 2.05) is 0 Å². The normalized spacial score (nSPS) is 9.95. The van der Waals surface area contributed by atoms with E-state index in [-0.39, 0.29) is 30.7 Å². The smallest absolute Gasteiger partial charge is 0.305 e. The van der Waals surface area contributed by atoms with E-state index in [1.54, 1.807) is 6.07 Å². The number of nitrogens with one attached hydrogen (secondary N) is 1. The first-order valence-electron chi connectivity index (χ1n) is 5.94. The highest BCUT2D eigenvalue weighted by Crippen LogP contribution is 2.21. The molecule has 0 radical (unpaired) electrons. The lowest BCUT2D eigenvalue weighted by Crippen LogP contribution is -2.30. The highest BCUT2D eigenvalue weighted by molar-refractivity contribution is 9.10. The van der Waals surface area contributed by atoms with E-state index in [1.165, 1.54) is 19.2 Å². The summed E-state index contributed by atoms with van der Waals surface area (Å²) in [6.45, 7) is 0.0525. The number of hydrogen-bond acceptors (Lipinski definition) is 4. The lowest BCUT2D eigenvalue weighted by Gasteiger charge is -2.08. The fourth-order valence-electron chi connectivity index (χ4n) is 1.35. The maximum Gasteiger partial charge on any atom is 0.305 e. The molecule has 1 aromatic rings. The minimum absolute atomic E-state index is 0.0120. The number of ether oxygens (including phenoxy) is 2. The van der Waals surface area contributed by atoms with E-state index >= 15 is 0 Å². The number of halogens is 2. The van der Waals surface area contributed by atoms with Crippen LogP contribution in [0.15, 0.2) is 22.7 Å². The van der Waals surface area contributed by atoms with Crippen molar-refractivity contribution in [3.8, 4) is 5.75 Å². The minimum atomic E-state index is -0.544. The van der Waals surface area contributed by atoms with Gasteiger partial charge in [0.05, 0.1) is 7.11 Å². The molecule has 0 aliphatic heterocycles. The first kappa shape index (κ1) is 16.4. The number of esters is 1. The summed E-state index contributed by atoms with van der Waals surface area (Å²) in [6, 6.07) is 4.31. The van der Waals surface area contributed by atoms with Gasteiger partial charge in [-0.05, 0) is 24.6 Å². The van der Waals surface area contributed by atoms with Crippen molar-refractivity contribution < 1.29 is 23.5 Å². The van der Waals surface area contributed by atoms with Crippen molar-refractivity contribution >= 4 is 27.8 Å². The number of carbonyl (C=O) groups excluding carboxylic acids is 2. The lowest BCUT2D eigenvalue weighted by atomic mass is 10.3. The summed E-state index contributed by atoms with van der Waals surface area (Å²) in [5, 5.41) is 2.56. The van der Waals surface area contributed by atoms with Gasteiger partial charge in [0.1, 0.15) is 0 Å². The molecule has 0 saturated carbocycles. The average Bonchev–Trinajstić information content (AvgIpc) is 2.42. The van der Waals surface area contributed by atoms with Crippen molar-refractivity contribution in [2.45, 2.75) is 12.8 Å². The van der Waals surface area contributed by atoms with Gasteiger partial charge in [-0.3, -0.25) is 9.59 Å². The molecule has 0 bridgehead atoms. The molecule has 0 aliphatic rings. The largest absolute Gasteiger partial charge is 0.481 e. The third kappa shape index (κ3) is 6.01. The van der Waals surface area contributed by atoms with Crippen LogP contribution in [0.25, 0.3) is 0 Å². The van der Waals surface area contributed by atoms with Crippen LogP contribution in [-0.2, 0) is 14.3 Å². The fraction of sp³-hybridized carbons (Fsp3) is 0.385. The van der Waals surface area contributed by atoms with E-state index < -0.39 is 5.82 Å². The fourth-order valence-corrected chi connectivity index (χ4v) is 1.68. The number of hydrogen-bond donors (Lipinski definition) is 1. The molecular formula is C13H15BrFNO4. The molecule has 7 heteroatoms. The predicted molar refractivity (Wildman–Crippen MR) is 73.9 cm³/mol. The van der Waals surface area contributed by atoms with Crippen LogP contribution in [0.3, 0.4) is 0 Å². The molecule has 0 heterocycles. The third-order valence-electron chi connectivity index (χ3n) is 2.36. The van der Waals surface area contributed by atoms with Crippen molar-refractivity contribution in [3.05, 3.63) is 28.5 Å². The summed E-state index contributed by atoms with van der Waals surface area (Å²) in [5.41, 5.74) is 0. The van der Waals surface area contributed by atoms with Crippen molar-refractivity contribution in [1.82, 2.24) is 5.32 Å². The number of carbonyl (C=O) groups is 2. The van der Waals surface area contributed by atoms with Gasteiger partial charge in [0.15, 0.2) is 18.2 Å². The summed E-state index contributed by atoms with van der Waals surface area (Å²) in [4.78, 5) is 22.3. The molecule has 0 saturated heterocycles. The zero-order valence-corrected chi connectivity index (χ0v) is 12.5. The molecule has 0 aromatic heterocycles. The van der Waals surface area contributed by atoms with Gasteiger partial charge in [0.2, 0.25) is 0 Å². The van der Waals surface area contributed by atoms with Gasteiger partial charge in [0, 0.05) is 17.4 Å². The molecule has 1 N–H and O–H groups in total. The van der Waals surface area contributed by atoms with Crippen molar-refractivity contribution in [1.29, 1.82) is 0 Å². The maximum atomic E-state index is 13.4. The number of benzene rings is 1. The molecular weight excluding hydrogens is 333 g/mol. The Kier molecular flexibility index (Phi) is 7.00. The van der Waals surface area contributed by atoms with Gasteiger partial charge < -0.3 is 14.8 Å². The minimum Gasteiger partial charge on any atom is -0.481 e. The molecule has 0 spiro atoms. The highest BCUT2D eigenvalue weighted by Gasteiger charge is 2.07. The highest BCUT2D eigenvalue weighted by atomic mass is 79.9. The van der Waals surface area contributed by atoms with Crippen molar-refractivity contribution in [2.75, 3.05) is 20.3 Å². The average molecular weight is 348 g/mol. The summed E-state index contributed by atoms with van der Waals surface area (Å²) in [5.74, 6) is -1.24. The number of methoxy groups -OCH3 is 1. The number of rotatable bonds is 7. The van der Waals surface area contributed by atoms with Crippen LogP contribution >= 0.6 is 15.9 Å². The molecule has 1 rings (SSSR count). The van der Waals surface area contributed by atoms with Gasteiger partial charge in [-0.15, -0.1) is 0 Å². The molecule has 5 nitrogen and oxygen atoms in total. The zero-order chi connectivity index (χ0) is 15.0. The maximum absolute atomic E-state index is 13.4. The van der Waals surface area contributed by atoms with Gasteiger partial charge >= 0.3 is 5.97 Å². The van der Waals surface area contributed by atoms with Gasteiger partial charge in [-0.25, -0.2) is 4.39 Å². The van der Waals surface area contributed by atoms with Crippen LogP contribution in [0.5, 0.6) is 5.75 Å². The molecule has 110 valence electrons. The topological polar surface area (TPSA) is 64.6 Å². The Morgan fingerprint density at radius 2 is 2.15 bits per heavy atom. The molecule has 1 aromatic carbocycles. The molecule has 0 atom stereocenters. The van der Waals surface area contributed by atoms with Crippen LogP contribution < -0.4 is 10.1 Å². The van der Waals surface area contributed by atoms with E-state index in [9.17, 15) is 14.0 Å². The monoisotopic (exact) mass is 347 g/mol. The van der Waals surface area contributed by atoms with Gasteiger partial charge in [-0.1, -0.05) is 15.9 Å². The summed E-state index contributed by atoms with van der Waals surface area (Å²) < 4.78 is 23.5. The number of amides is 1. The van der Waals surface area contributed by atoms with E-state index in [0.717, 1.165) is 0 Å². The summed E-state index contributed by atoms with van der Waals surface area (Å²) in [6.07, 6.45) is 0.712. The first-order valence-corrected chi connectivity index (χ1v) is 6.73. The lowest BCUT2D eigenvalue weighted by molar-refractivity contribution is -0.140. The Morgan fingerprint density at radius 3 is 2.80 bits per heavy atom.